The molecule has 0 saturated heterocycles. The molecule has 288 valence electrons. The van der Waals surface area contributed by atoms with Crippen LogP contribution in [-0.4, -0.2) is 19.5 Å². The summed E-state index contributed by atoms with van der Waals surface area (Å²) >= 11 is 1.84. The number of para-hydroxylation sites is 4. The van der Waals surface area contributed by atoms with E-state index >= 15 is 0 Å². The van der Waals surface area contributed by atoms with Crippen LogP contribution in [-0.2, 0) is 0 Å². The molecular weight excluding hydrogens is 781 g/mol. The predicted molar refractivity (Wildman–Crippen MR) is 255 cm³/mol. The van der Waals surface area contributed by atoms with E-state index in [2.05, 4.69) is 138 Å². The Morgan fingerprint density at radius 1 is 0.387 bits per heavy atom. The van der Waals surface area contributed by atoms with Crippen LogP contribution in [0.1, 0.15) is 0 Å². The van der Waals surface area contributed by atoms with Gasteiger partial charge in [0.25, 0.3) is 0 Å². The number of furan rings is 2. The fourth-order valence-corrected chi connectivity index (χ4v) is 10.7. The van der Waals surface area contributed by atoms with Crippen LogP contribution in [0, 0.1) is 0 Å². The molecule has 0 spiro atoms. The molecular formula is C55H30N4O2S. The molecule has 0 bridgehead atoms. The van der Waals surface area contributed by atoms with Crippen molar-refractivity contribution in [1.29, 1.82) is 0 Å². The van der Waals surface area contributed by atoms with E-state index in [1.165, 1.54) is 30.9 Å². The van der Waals surface area contributed by atoms with Gasteiger partial charge in [-0.25, -0.2) is 4.98 Å². The number of nitrogens with zero attached hydrogens (tertiary/aromatic N) is 4. The van der Waals surface area contributed by atoms with Crippen molar-refractivity contribution in [3.63, 3.8) is 0 Å². The van der Waals surface area contributed by atoms with Gasteiger partial charge in [0.1, 0.15) is 22.3 Å². The summed E-state index contributed by atoms with van der Waals surface area (Å²) in [5.41, 5.74) is 9.15. The van der Waals surface area contributed by atoms with Crippen LogP contribution in [0.4, 0.5) is 0 Å². The van der Waals surface area contributed by atoms with Gasteiger partial charge >= 0.3 is 0 Å². The molecule has 14 rings (SSSR count). The summed E-state index contributed by atoms with van der Waals surface area (Å²) in [5, 5.41) is 11.5. The zero-order chi connectivity index (χ0) is 40.5. The standard InChI is InChI=1S/C55H30N4O2S/c1-2-11-35-31(10-1)22-27-50-51(35)43-28-32(23-26-49(43)62-50)36-15-9-16-42-37-12-3-6-17-44(37)59(52(36)42)55-57-53(33-20-24-40-38-13-4-7-18-45(38)60-47(40)29-33)56-54(58-55)34-21-25-41-39-14-5-8-19-46(39)61-48(41)30-34/h1-30H. The van der Waals surface area contributed by atoms with Crippen LogP contribution in [0.15, 0.2) is 191 Å². The Morgan fingerprint density at radius 3 is 1.69 bits per heavy atom. The molecule has 5 heterocycles. The van der Waals surface area contributed by atoms with Crippen LogP contribution in [0.3, 0.4) is 0 Å². The van der Waals surface area contributed by atoms with Crippen LogP contribution < -0.4 is 0 Å². The third-order valence-corrected chi connectivity index (χ3v) is 13.6. The molecule has 0 aliphatic heterocycles. The van der Waals surface area contributed by atoms with E-state index in [-0.39, 0.29) is 0 Å². The van der Waals surface area contributed by atoms with Crippen LogP contribution in [0.2, 0.25) is 0 Å². The van der Waals surface area contributed by atoms with Crippen molar-refractivity contribution < 1.29 is 8.83 Å². The Balaban J connectivity index is 1.04. The van der Waals surface area contributed by atoms with Gasteiger partial charge in [0.15, 0.2) is 11.6 Å². The van der Waals surface area contributed by atoms with Crippen LogP contribution >= 0.6 is 11.3 Å². The maximum absolute atomic E-state index is 6.38. The molecule has 0 saturated carbocycles. The Bertz CT molecular complexity index is 4060. The zero-order valence-corrected chi connectivity index (χ0v) is 33.7. The zero-order valence-electron chi connectivity index (χ0n) is 32.8. The quantitative estimate of drug-likeness (QED) is 0.177. The molecule has 0 radical (unpaired) electrons. The van der Waals surface area contributed by atoms with E-state index < -0.39 is 0 Å². The van der Waals surface area contributed by atoms with Crippen molar-refractivity contribution >= 4 is 108 Å². The molecule has 0 N–H and O–H groups in total. The van der Waals surface area contributed by atoms with Gasteiger partial charge in [-0.2, -0.15) is 9.97 Å². The highest BCUT2D eigenvalue weighted by Gasteiger charge is 2.22. The van der Waals surface area contributed by atoms with E-state index in [1.54, 1.807) is 0 Å². The number of hydrogen-bond acceptors (Lipinski definition) is 6. The van der Waals surface area contributed by atoms with Crippen molar-refractivity contribution in [2.45, 2.75) is 0 Å². The topological polar surface area (TPSA) is 69.9 Å². The van der Waals surface area contributed by atoms with Crippen LogP contribution in [0.25, 0.3) is 136 Å². The minimum absolute atomic E-state index is 0.520. The Labute approximate surface area is 356 Å². The van der Waals surface area contributed by atoms with E-state index in [4.69, 9.17) is 23.8 Å². The van der Waals surface area contributed by atoms with Gasteiger partial charge < -0.3 is 8.83 Å². The van der Waals surface area contributed by atoms with Gasteiger partial charge in [-0.3, -0.25) is 4.57 Å². The molecule has 0 fully saturated rings. The summed E-state index contributed by atoms with van der Waals surface area (Å²) in [6.07, 6.45) is 0. The maximum Gasteiger partial charge on any atom is 0.238 e. The third-order valence-electron chi connectivity index (χ3n) is 12.5. The van der Waals surface area contributed by atoms with Crippen LogP contribution in [0.5, 0.6) is 0 Å². The lowest BCUT2D eigenvalue weighted by atomic mass is 9.98. The fraction of sp³-hybridized carbons (Fsp3) is 0. The van der Waals surface area contributed by atoms with Crippen molar-refractivity contribution in [3.05, 3.63) is 182 Å². The molecule has 62 heavy (non-hydrogen) atoms. The molecule has 0 aliphatic carbocycles. The number of benzene rings is 9. The third kappa shape index (κ3) is 4.88. The summed E-state index contributed by atoms with van der Waals surface area (Å²) in [6.45, 7) is 0. The van der Waals surface area contributed by atoms with Gasteiger partial charge in [-0.05, 0) is 77.0 Å². The lowest BCUT2D eigenvalue weighted by Gasteiger charge is -2.13. The summed E-state index contributed by atoms with van der Waals surface area (Å²) in [5.74, 6) is 1.60. The van der Waals surface area contributed by atoms with Crippen molar-refractivity contribution in [2.75, 3.05) is 0 Å². The molecule has 14 aromatic rings. The van der Waals surface area contributed by atoms with E-state index in [0.717, 1.165) is 87.9 Å². The molecule has 9 aromatic carbocycles. The van der Waals surface area contributed by atoms with E-state index in [1.807, 2.05) is 59.9 Å². The minimum Gasteiger partial charge on any atom is -0.456 e. The first-order valence-electron chi connectivity index (χ1n) is 20.7. The van der Waals surface area contributed by atoms with E-state index in [0.29, 0.717) is 17.6 Å². The molecule has 7 heteroatoms. The largest absolute Gasteiger partial charge is 0.456 e. The normalized spacial score (nSPS) is 12.2. The highest BCUT2D eigenvalue weighted by molar-refractivity contribution is 7.26. The van der Waals surface area contributed by atoms with Gasteiger partial charge in [0, 0.05) is 69.2 Å². The molecule has 6 nitrogen and oxygen atoms in total. The molecule has 0 unspecified atom stereocenters. The SMILES string of the molecule is c1ccc2c(c1)ccc1sc3ccc(-c4cccc5c6ccccc6n(-c6nc(-c7ccc8c(c7)oc7ccccc78)nc(-c7ccc8c(c7)oc7ccccc78)n6)c45)cc3c12. The van der Waals surface area contributed by atoms with Gasteiger partial charge in [0.05, 0.1) is 11.0 Å². The number of hydrogen-bond donors (Lipinski definition) is 0. The number of fused-ring (bicyclic) bond motifs is 14. The monoisotopic (exact) mass is 810 g/mol. The second-order valence-electron chi connectivity index (χ2n) is 15.9. The molecule has 0 aliphatic rings. The number of rotatable bonds is 4. The highest BCUT2D eigenvalue weighted by atomic mass is 32.1. The average molecular weight is 811 g/mol. The van der Waals surface area contributed by atoms with Crippen molar-refractivity contribution in [3.8, 4) is 39.9 Å². The van der Waals surface area contributed by atoms with Gasteiger partial charge in [-0.15, -0.1) is 11.3 Å². The van der Waals surface area contributed by atoms with Gasteiger partial charge in [-0.1, -0.05) is 121 Å². The summed E-state index contributed by atoms with van der Waals surface area (Å²) < 4.78 is 17.5. The Morgan fingerprint density at radius 2 is 0.968 bits per heavy atom. The average Bonchev–Trinajstić information content (AvgIpc) is 4.09. The van der Waals surface area contributed by atoms with Gasteiger partial charge in [0.2, 0.25) is 5.95 Å². The molecule has 0 atom stereocenters. The Hall–Kier alpha value is -8.13. The second-order valence-corrected chi connectivity index (χ2v) is 17.0. The predicted octanol–water partition coefficient (Wildman–Crippen LogP) is 15.3. The first-order valence-corrected chi connectivity index (χ1v) is 21.5. The lowest BCUT2D eigenvalue weighted by Crippen LogP contribution is -2.07. The maximum atomic E-state index is 6.38. The number of thiophene rings is 1. The molecule has 5 aromatic heterocycles. The summed E-state index contributed by atoms with van der Waals surface area (Å²) in [4.78, 5) is 15.9. The van der Waals surface area contributed by atoms with Crippen molar-refractivity contribution in [1.82, 2.24) is 19.5 Å². The van der Waals surface area contributed by atoms with E-state index in [9.17, 15) is 0 Å². The summed E-state index contributed by atoms with van der Waals surface area (Å²) in [6, 6.07) is 63.9. The minimum atomic E-state index is 0.520. The first kappa shape index (κ1) is 33.7. The Kier molecular flexibility index (Phi) is 6.89. The summed E-state index contributed by atoms with van der Waals surface area (Å²) in [7, 11) is 0. The highest BCUT2D eigenvalue weighted by Crippen LogP contribution is 2.43. The molecule has 0 amide bonds. The smallest absolute Gasteiger partial charge is 0.238 e. The number of aromatic nitrogens is 4. The van der Waals surface area contributed by atoms with Crippen molar-refractivity contribution in [2.24, 2.45) is 0 Å². The second kappa shape index (κ2) is 12.7. The first-order chi connectivity index (χ1) is 30.7. The fourth-order valence-electron chi connectivity index (χ4n) is 9.63. The lowest BCUT2D eigenvalue weighted by molar-refractivity contribution is 0.668.